The highest BCUT2D eigenvalue weighted by molar-refractivity contribution is 7.80. The number of unbranched alkanes of at least 4 members (excludes halogenated alkanes) is 1. The summed E-state index contributed by atoms with van der Waals surface area (Å²) in [7, 11) is 0. The van der Waals surface area contributed by atoms with Gasteiger partial charge in [0.25, 0.3) is 0 Å². The largest absolute Gasteiger partial charge is 0.480 e. The molecule has 0 radical (unpaired) electrons. The number of rotatable bonds is 31. The van der Waals surface area contributed by atoms with Gasteiger partial charge in [-0.25, -0.2) is 4.79 Å². The van der Waals surface area contributed by atoms with Crippen molar-refractivity contribution in [3.8, 4) is 0 Å². The quantitative estimate of drug-likeness (QED) is 0.0227. The highest BCUT2D eigenvalue weighted by atomic mass is 32.1. The first-order valence-electron chi connectivity index (χ1n) is 18.9. The number of carbonyl (C=O) groups is 11. The van der Waals surface area contributed by atoms with Crippen molar-refractivity contribution in [3.63, 3.8) is 0 Å². The predicted octanol–water partition coefficient (Wildman–Crippen LogP) is -8.79. The summed E-state index contributed by atoms with van der Waals surface area (Å²) >= 11 is 12.1. The Morgan fingerprint density at radius 3 is 1.44 bits per heavy atom. The Morgan fingerprint density at radius 2 is 0.984 bits per heavy atom. The van der Waals surface area contributed by atoms with Crippen LogP contribution >= 0.6 is 37.9 Å². The third kappa shape index (κ3) is 22.2. The molecule has 0 aliphatic rings. The normalized spacial score (nSPS) is 14.6. The van der Waals surface area contributed by atoms with Crippen LogP contribution < -0.4 is 65.1 Å². The number of carboxylic acids is 1. The lowest BCUT2D eigenvalue weighted by molar-refractivity contribution is -0.142. The Balaban J connectivity index is 5.39. The standard InChI is InChI=1S/C33H58N12O14S3/c1-15(47)26(45-31(56)21(14-62)43-29(54)16(5-6-22(36)48)39-23(49)8-35)32(57)44-20(13-61)30(55)42-18(11-46)27(52)37-10-25(51)41-19(12-60)28(53)38-9-24(50)40-17(33(58)59)4-2-3-7-34/h15-21,26,46-47,60-62H,2-14,34-35H2,1H3,(H2,36,48)(H,37,52)(H,38,53)(H,39,49)(H,40,50)(H,41,51)(H,42,55)(H,43,54)(H,44,57)(H,45,56)(H,58,59)/t15-,16+,17+,18+,19+,20+,21+,26+/m1/s1. The van der Waals surface area contributed by atoms with Gasteiger partial charge in [-0.15, -0.1) is 0 Å². The zero-order valence-electron chi connectivity index (χ0n) is 33.7. The maximum Gasteiger partial charge on any atom is 0.326 e. The molecule has 0 saturated carbocycles. The molecule has 0 aromatic heterocycles. The third-order valence-corrected chi connectivity index (χ3v) is 9.38. The van der Waals surface area contributed by atoms with Crippen LogP contribution in [0.2, 0.25) is 0 Å². The van der Waals surface area contributed by atoms with Gasteiger partial charge < -0.3 is 80.4 Å². The number of aliphatic hydroxyl groups excluding tert-OH is 2. The molecule has 0 aromatic rings. The molecular weight excluding hydrogens is 885 g/mol. The molecule has 0 saturated heterocycles. The van der Waals surface area contributed by atoms with E-state index in [1.807, 2.05) is 0 Å². The van der Waals surface area contributed by atoms with Crippen LogP contribution in [0.25, 0.3) is 0 Å². The van der Waals surface area contributed by atoms with Crippen molar-refractivity contribution in [2.75, 3.05) is 50.0 Å². The van der Waals surface area contributed by atoms with Gasteiger partial charge in [-0.05, 0) is 39.2 Å². The lowest BCUT2D eigenvalue weighted by Crippen LogP contribution is -2.62. The van der Waals surface area contributed by atoms with Crippen LogP contribution in [0.3, 0.4) is 0 Å². The summed E-state index contributed by atoms with van der Waals surface area (Å²) in [4.78, 5) is 137. The van der Waals surface area contributed by atoms with Crippen LogP contribution in [-0.2, 0) is 52.7 Å². The van der Waals surface area contributed by atoms with Gasteiger partial charge in [-0.1, -0.05) is 0 Å². The Labute approximate surface area is 372 Å². The number of thiol groups is 3. The number of nitrogens with two attached hydrogens (primary N) is 3. The summed E-state index contributed by atoms with van der Waals surface area (Å²) in [5.74, 6) is -11.7. The Bertz CT molecular complexity index is 1580. The maximum absolute atomic E-state index is 13.2. The first-order chi connectivity index (χ1) is 29.2. The fourth-order valence-electron chi connectivity index (χ4n) is 4.87. The molecule has 352 valence electrons. The molecule has 8 atom stereocenters. The van der Waals surface area contributed by atoms with Crippen molar-refractivity contribution >= 4 is 103 Å². The molecule has 0 unspecified atom stereocenters. The topological polar surface area (TPSA) is 435 Å². The molecule has 0 bridgehead atoms. The summed E-state index contributed by atoms with van der Waals surface area (Å²) in [5.41, 5.74) is 15.8. The van der Waals surface area contributed by atoms with E-state index in [-0.39, 0.29) is 30.8 Å². The number of carboxylic acid groups (broad SMARTS) is 1. The average Bonchev–Trinajstić information content (AvgIpc) is 3.23. The molecule has 26 nitrogen and oxygen atoms in total. The van der Waals surface area contributed by atoms with Gasteiger partial charge in [0, 0.05) is 23.7 Å². The predicted molar refractivity (Wildman–Crippen MR) is 228 cm³/mol. The minimum absolute atomic E-state index is 0.112. The van der Waals surface area contributed by atoms with Crippen LogP contribution in [-0.4, -0.2) is 179 Å². The fourth-order valence-corrected chi connectivity index (χ4v) is 5.64. The number of amides is 10. The van der Waals surface area contributed by atoms with E-state index in [9.17, 15) is 68.1 Å². The molecule has 10 amide bonds. The van der Waals surface area contributed by atoms with Crippen molar-refractivity contribution in [1.29, 1.82) is 0 Å². The number of nitrogens with one attached hydrogen (secondary N) is 9. The maximum atomic E-state index is 13.2. The smallest absolute Gasteiger partial charge is 0.326 e. The summed E-state index contributed by atoms with van der Waals surface area (Å²) < 4.78 is 0. The second-order valence-electron chi connectivity index (χ2n) is 13.3. The molecule has 0 heterocycles. The van der Waals surface area contributed by atoms with Crippen LogP contribution in [0.15, 0.2) is 0 Å². The van der Waals surface area contributed by atoms with Gasteiger partial charge in [0.1, 0.15) is 42.3 Å². The minimum atomic E-state index is -1.75. The van der Waals surface area contributed by atoms with Gasteiger partial charge in [-0.2, -0.15) is 37.9 Å². The third-order valence-electron chi connectivity index (χ3n) is 8.29. The van der Waals surface area contributed by atoms with Crippen LogP contribution in [0, 0.1) is 0 Å². The van der Waals surface area contributed by atoms with E-state index in [0.29, 0.717) is 19.4 Å². The number of primary amides is 1. The number of aliphatic carboxylic acids is 1. The summed E-state index contributed by atoms with van der Waals surface area (Å²) in [6.07, 6.45) is -1.06. The van der Waals surface area contributed by atoms with Crippen LogP contribution in [0.1, 0.15) is 39.0 Å². The van der Waals surface area contributed by atoms with Gasteiger partial charge in [-0.3, -0.25) is 47.9 Å². The number of hydrogen-bond donors (Lipinski definition) is 18. The van der Waals surface area contributed by atoms with Crippen molar-refractivity contribution in [3.05, 3.63) is 0 Å². The molecule has 0 aliphatic carbocycles. The molecule has 0 aromatic carbocycles. The van der Waals surface area contributed by atoms with E-state index in [0.717, 1.165) is 6.92 Å². The van der Waals surface area contributed by atoms with Crippen molar-refractivity contribution < 1.29 is 68.1 Å². The summed E-state index contributed by atoms with van der Waals surface area (Å²) in [5, 5.41) is 49.5. The van der Waals surface area contributed by atoms with E-state index in [4.69, 9.17) is 17.2 Å². The average molecular weight is 943 g/mol. The van der Waals surface area contributed by atoms with Gasteiger partial charge in [0.2, 0.25) is 59.1 Å². The second-order valence-corrected chi connectivity index (χ2v) is 14.4. The molecule has 62 heavy (non-hydrogen) atoms. The van der Waals surface area contributed by atoms with Crippen LogP contribution in [0.4, 0.5) is 0 Å². The van der Waals surface area contributed by atoms with E-state index in [1.54, 1.807) is 0 Å². The molecule has 0 rings (SSSR count). The zero-order valence-corrected chi connectivity index (χ0v) is 36.4. The second kappa shape index (κ2) is 31.0. The Kier molecular flexibility index (Phi) is 28.5. The number of carbonyl (C=O) groups excluding carboxylic acids is 10. The minimum Gasteiger partial charge on any atom is -0.480 e. The van der Waals surface area contributed by atoms with Gasteiger partial charge >= 0.3 is 5.97 Å². The van der Waals surface area contributed by atoms with Crippen molar-refractivity contribution in [2.45, 2.75) is 87.4 Å². The number of aliphatic hydroxyl groups is 2. The van der Waals surface area contributed by atoms with E-state index in [2.05, 4.69) is 85.7 Å². The summed E-state index contributed by atoms with van der Waals surface area (Å²) in [6.45, 7) is -1.45. The molecule has 29 heteroatoms. The van der Waals surface area contributed by atoms with Crippen molar-refractivity contribution in [1.82, 2.24) is 47.9 Å². The first kappa shape index (κ1) is 57.1. The van der Waals surface area contributed by atoms with Crippen molar-refractivity contribution in [2.24, 2.45) is 17.2 Å². The molecule has 0 spiro atoms. The van der Waals surface area contributed by atoms with E-state index >= 15 is 0 Å². The fraction of sp³-hybridized carbons (Fsp3) is 0.667. The monoisotopic (exact) mass is 942 g/mol. The molecule has 0 aliphatic heterocycles. The highest BCUT2D eigenvalue weighted by Crippen LogP contribution is 2.04. The highest BCUT2D eigenvalue weighted by Gasteiger charge is 2.34. The SMILES string of the molecule is C[C@@H](O)[C@H](NC(=O)[C@H](CS)NC(=O)[C@H](CCC(N)=O)NC(=O)CN)C(=O)N[C@@H](CS)C(=O)N[C@@H](CO)C(=O)NCC(=O)N[C@@H](CS)C(=O)NCC(=O)N[C@@H](CCCCN)C(=O)O. The molecule has 0 fully saturated rings. The van der Waals surface area contributed by atoms with E-state index < -0.39 is 145 Å². The lowest BCUT2D eigenvalue weighted by atomic mass is 10.1. The zero-order chi connectivity index (χ0) is 47.5. The number of hydrogen-bond acceptors (Lipinski definition) is 18. The van der Waals surface area contributed by atoms with E-state index in [1.165, 1.54) is 0 Å². The molecular formula is C33H58N12O14S3. The Hall–Kier alpha value is -4.94. The van der Waals surface area contributed by atoms with Crippen LogP contribution in [0.5, 0.6) is 0 Å². The molecule has 18 N–H and O–H groups in total. The first-order valence-corrected chi connectivity index (χ1v) is 20.8. The Morgan fingerprint density at radius 1 is 0.548 bits per heavy atom. The van der Waals surface area contributed by atoms with Gasteiger partial charge in [0.05, 0.1) is 32.3 Å². The lowest BCUT2D eigenvalue weighted by Gasteiger charge is -2.27. The summed E-state index contributed by atoms with van der Waals surface area (Å²) in [6, 6.07) is -10.3. The van der Waals surface area contributed by atoms with Gasteiger partial charge in [0.15, 0.2) is 0 Å².